The number of allylic oxidation sites excluding steroid dienone is 2. The van der Waals surface area contributed by atoms with Gasteiger partial charge >= 0.3 is 10.1 Å². The Morgan fingerprint density at radius 2 is 2.07 bits per heavy atom. The standard InChI is InChI=1S/C22H28O4S/c1-3-4-13-27(24,25)26-16-6-8-17-15(14-16)5-7-19-18(17)11-12-22(2)20(19)9-10-21(22)23/h6-8,14,18,20H,3-5,9-13H2,1-2H3/t18-,20+,22+/m1/s1. The first-order valence-electron chi connectivity index (χ1n) is 10.1. The van der Waals surface area contributed by atoms with Crippen LogP contribution in [0.5, 0.6) is 5.75 Å². The molecule has 5 heteroatoms. The maximum Gasteiger partial charge on any atom is 0.309 e. The van der Waals surface area contributed by atoms with Gasteiger partial charge in [-0.05, 0) is 61.3 Å². The van der Waals surface area contributed by atoms with E-state index < -0.39 is 10.1 Å². The first-order chi connectivity index (χ1) is 12.8. The van der Waals surface area contributed by atoms with Crippen molar-refractivity contribution in [3.63, 3.8) is 0 Å². The molecule has 0 bridgehead atoms. The summed E-state index contributed by atoms with van der Waals surface area (Å²) in [6.45, 7) is 4.11. The maximum absolute atomic E-state index is 12.4. The molecule has 1 aromatic rings. The van der Waals surface area contributed by atoms with Gasteiger partial charge in [0.05, 0.1) is 5.75 Å². The van der Waals surface area contributed by atoms with Crippen LogP contribution >= 0.6 is 0 Å². The Hall–Kier alpha value is -1.62. The second-order valence-corrected chi connectivity index (χ2v) is 10.2. The third kappa shape index (κ3) is 3.24. The van der Waals surface area contributed by atoms with E-state index in [0.717, 1.165) is 37.7 Å². The number of fused-ring (bicyclic) bond motifs is 5. The van der Waals surface area contributed by atoms with Gasteiger partial charge in [0.1, 0.15) is 11.5 Å². The van der Waals surface area contributed by atoms with Crippen LogP contribution in [0.2, 0.25) is 0 Å². The zero-order chi connectivity index (χ0) is 19.2. The average molecular weight is 389 g/mol. The van der Waals surface area contributed by atoms with E-state index in [1.807, 2.05) is 19.1 Å². The minimum Gasteiger partial charge on any atom is -0.382 e. The van der Waals surface area contributed by atoms with Crippen molar-refractivity contribution in [2.45, 2.75) is 64.7 Å². The summed E-state index contributed by atoms with van der Waals surface area (Å²) in [4.78, 5) is 12.4. The fourth-order valence-corrected chi connectivity index (χ4v) is 6.41. The molecule has 4 rings (SSSR count). The van der Waals surface area contributed by atoms with E-state index in [-0.39, 0.29) is 11.2 Å². The monoisotopic (exact) mass is 388 g/mol. The lowest BCUT2D eigenvalue weighted by Crippen LogP contribution is -2.37. The topological polar surface area (TPSA) is 60.4 Å². The highest BCUT2D eigenvalue weighted by Crippen LogP contribution is 2.57. The second kappa shape index (κ2) is 6.77. The van der Waals surface area contributed by atoms with Crippen LogP contribution in [0.25, 0.3) is 0 Å². The summed E-state index contributed by atoms with van der Waals surface area (Å²) >= 11 is 0. The van der Waals surface area contributed by atoms with Crippen molar-refractivity contribution in [2.75, 3.05) is 5.75 Å². The van der Waals surface area contributed by atoms with Crippen LogP contribution in [0.15, 0.2) is 29.8 Å². The maximum atomic E-state index is 12.4. The molecule has 0 N–H and O–H groups in total. The van der Waals surface area contributed by atoms with E-state index in [1.165, 1.54) is 11.1 Å². The molecule has 0 aliphatic heterocycles. The summed E-state index contributed by atoms with van der Waals surface area (Å²) in [6.07, 6.45) is 8.14. The number of Topliss-reactive ketones (excluding diaryl/α,β-unsaturated/α-hetero) is 1. The van der Waals surface area contributed by atoms with Gasteiger partial charge in [0.2, 0.25) is 0 Å². The van der Waals surface area contributed by atoms with Gasteiger partial charge in [-0.2, -0.15) is 8.42 Å². The Morgan fingerprint density at radius 1 is 1.26 bits per heavy atom. The molecule has 4 nitrogen and oxygen atoms in total. The van der Waals surface area contributed by atoms with Gasteiger partial charge in [0.15, 0.2) is 0 Å². The number of ketones is 1. The van der Waals surface area contributed by atoms with Crippen LogP contribution in [-0.4, -0.2) is 20.0 Å². The number of hydrogen-bond donors (Lipinski definition) is 0. The Balaban J connectivity index is 1.58. The van der Waals surface area contributed by atoms with E-state index in [9.17, 15) is 13.2 Å². The molecule has 3 atom stereocenters. The average Bonchev–Trinajstić information content (AvgIpc) is 2.94. The molecule has 1 aromatic carbocycles. The lowest BCUT2D eigenvalue weighted by molar-refractivity contribution is -0.126. The van der Waals surface area contributed by atoms with Gasteiger partial charge < -0.3 is 4.18 Å². The molecule has 146 valence electrons. The normalized spacial score (nSPS) is 29.6. The van der Waals surface area contributed by atoms with Gasteiger partial charge in [-0.1, -0.05) is 38.0 Å². The summed E-state index contributed by atoms with van der Waals surface area (Å²) in [7, 11) is -3.53. The first-order valence-corrected chi connectivity index (χ1v) is 11.7. The molecule has 0 saturated heterocycles. The second-order valence-electron chi connectivity index (χ2n) is 8.49. The molecule has 2 fully saturated rings. The van der Waals surface area contributed by atoms with E-state index >= 15 is 0 Å². The molecule has 3 aliphatic carbocycles. The first kappa shape index (κ1) is 18.7. The molecular formula is C22H28O4S. The highest BCUT2D eigenvalue weighted by atomic mass is 32.2. The van der Waals surface area contributed by atoms with E-state index in [2.05, 4.69) is 13.0 Å². The Kier molecular flexibility index (Phi) is 4.69. The molecule has 2 saturated carbocycles. The molecule has 0 aromatic heterocycles. The minimum absolute atomic E-state index is 0.0571. The number of hydrogen-bond acceptors (Lipinski definition) is 4. The van der Waals surface area contributed by atoms with Gasteiger partial charge in [0.25, 0.3) is 0 Å². The van der Waals surface area contributed by atoms with Crippen molar-refractivity contribution < 1.29 is 17.4 Å². The van der Waals surface area contributed by atoms with Crippen LogP contribution in [0, 0.1) is 11.3 Å². The molecule has 27 heavy (non-hydrogen) atoms. The van der Waals surface area contributed by atoms with Crippen LogP contribution in [0.3, 0.4) is 0 Å². The van der Waals surface area contributed by atoms with Gasteiger partial charge in [-0.25, -0.2) is 0 Å². The van der Waals surface area contributed by atoms with Gasteiger partial charge in [-0.3, -0.25) is 4.79 Å². The molecule has 0 amide bonds. The van der Waals surface area contributed by atoms with Crippen LogP contribution in [-0.2, 0) is 21.3 Å². The highest BCUT2D eigenvalue weighted by molar-refractivity contribution is 7.87. The molecule has 0 radical (unpaired) electrons. The van der Waals surface area contributed by atoms with Crippen LogP contribution in [0.1, 0.15) is 69.4 Å². The minimum atomic E-state index is -3.53. The van der Waals surface area contributed by atoms with E-state index in [4.69, 9.17) is 4.18 Å². The summed E-state index contributed by atoms with van der Waals surface area (Å²) in [6, 6.07) is 5.72. The molecule has 0 heterocycles. The Morgan fingerprint density at radius 3 is 2.85 bits per heavy atom. The van der Waals surface area contributed by atoms with Crippen molar-refractivity contribution >= 4 is 15.9 Å². The Labute approximate surface area is 162 Å². The number of unbranched alkanes of at least 4 members (excludes halogenated alkanes) is 1. The largest absolute Gasteiger partial charge is 0.382 e. The van der Waals surface area contributed by atoms with E-state index in [1.54, 1.807) is 6.07 Å². The third-order valence-corrected chi connectivity index (χ3v) is 8.08. The van der Waals surface area contributed by atoms with Crippen molar-refractivity contribution in [1.29, 1.82) is 0 Å². The number of rotatable bonds is 5. The SMILES string of the molecule is CCCCS(=O)(=O)Oc1ccc2c(c1)CC=C1[C@@H]2CC[C@]2(C)C(=O)CC[C@@H]12. The third-order valence-electron chi connectivity index (χ3n) is 6.84. The quantitative estimate of drug-likeness (QED) is 0.549. The molecule has 0 spiro atoms. The summed E-state index contributed by atoms with van der Waals surface area (Å²) in [5.74, 6) is 1.64. The summed E-state index contributed by atoms with van der Waals surface area (Å²) in [5, 5.41) is 0. The Bertz CT molecular complexity index is 899. The summed E-state index contributed by atoms with van der Waals surface area (Å²) in [5.41, 5.74) is 3.70. The molecule has 0 unspecified atom stereocenters. The van der Waals surface area contributed by atoms with Crippen LogP contribution < -0.4 is 4.18 Å². The zero-order valence-corrected chi connectivity index (χ0v) is 17.0. The number of carbonyl (C=O) groups excluding carboxylic acids is 1. The summed E-state index contributed by atoms with van der Waals surface area (Å²) < 4.78 is 29.5. The fraction of sp³-hybridized carbons (Fsp3) is 0.591. The van der Waals surface area contributed by atoms with Crippen molar-refractivity contribution in [3.8, 4) is 5.75 Å². The lowest BCUT2D eigenvalue weighted by atomic mass is 9.60. The predicted molar refractivity (Wildman–Crippen MR) is 105 cm³/mol. The van der Waals surface area contributed by atoms with Crippen molar-refractivity contribution in [1.82, 2.24) is 0 Å². The number of carbonyl (C=O) groups is 1. The predicted octanol–water partition coefficient (Wildman–Crippen LogP) is 4.54. The van der Waals surface area contributed by atoms with Crippen molar-refractivity contribution in [3.05, 3.63) is 41.0 Å². The number of benzene rings is 1. The lowest BCUT2D eigenvalue weighted by Gasteiger charge is -2.43. The zero-order valence-electron chi connectivity index (χ0n) is 16.2. The highest BCUT2D eigenvalue weighted by Gasteiger charge is 2.52. The van der Waals surface area contributed by atoms with Crippen LogP contribution in [0.4, 0.5) is 0 Å². The van der Waals surface area contributed by atoms with Gasteiger partial charge in [-0.15, -0.1) is 0 Å². The van der Waals surface area contributed by atoms with Gasteiger partial charge in [0, 0.05) is 17.8 Å². The van der Waals surface area contributed by atoms with E-state index in [0.29, 0.717) is 36.2 Å². The smallest absolute Gasteiger partial charge is 0.309 e. The fourth-order valence-electron chi connectivity index (χ4n) is 5.28. The van der Waals surface area contributed by atoms with Crippen molar-refractivity contribution in [2.24, 2.45) is 11.3 Å². The molecular weight excluding hydrogens is 360 g/mol. The molecule has 3 aliphatic rings.